The zero-order valence-electron chi connectivity index (χ0n) is 24.7. The van der Waals surface area contributed by atoms with E-state index in [2.05, 4.69) is 4.98 Å². The van der Waals surface area contributed by atoms with Gasteiger partial charge in [0.25, 0.3) is 0 Å². The van der Waals surface area contributed by atoms with Gasteiger partial charge in [-0.15, -0.1) is 0 Å². The van der Waals surface area contributed by atoms with Crippen molar-refractivity contribution in [2.24, 2.45) is 0 Å². The summed E-state index contributed by atoms with van der Waals surface area (Å²) in [5, 5.41) is 30.5. The van der Waals surface area contributed by atoms with Crippen molar-refractivity contribution in [3.8, 4) is 34.4 Å². The van der Waals surface area contributed by atoms with Crippen LogP contribution in [-0.4, -0.2) is 59.2 Å². The first-order chi connectivity index (χ1) is 22.3. The number of nitrogens with zero attached hydrogens (tertiary/aromatic N) is 3. The number of carbonyl (C=O) groups is 1. The highest BCUT2D eigenvalue weighted by atomic mass is 35.5. The molecule has 1 aliphatic carbocycles. The molecule has 6 rings (SSSR count). The molecule has 236 valence electrons. The van der Waals surface area contributed by atoms with Crippen molar-refractivity contribution in [1.29, 1.82) is 5.26 Å². The number of carboxylic acids is 1. The van der Waals surface area contributed by atoms with Crippen LogP contribution in [0, 0.1) is 17.1 Å². The third kappa shape index (κ3) is 5.84. The van der Waals surface area contributed by atoms with Crippen LogP contribution in [0.25, 0.3) is 11.1 Å². The van der Waals surface area contributed by atoms with E-state index in [1.807, 2.05) is 24.3 Å². The Bertz CT molecular complexity index is 1830. The van der Waals surface area contributed by atoms with Crippen molar-refractivity contribution < 1.29 is 38.4 Å². The number of nitriles is 1. The lowest BCUT2D eigenvalue weighted by atomic mass is 9.95. The van der Waals surface area contributed by atoms with Gasteiger partial charge in [0.15, 0.2) is 23.4 Å². The van der Waals surface area contributed by atoms with Gasteiger partial charge >= 0.3 is 5.97 Å². The summed E-state index contributed by atoms with van der Waals surface area (Å²) in [4.78, 5) is 21.6. The van der Waals surface area contributed by atoms with Crippen LogP contribution in [0.4, 0.5) is 4.39 Å². The molecule has 2 aliphatic rings. The van der Waals surface area contributed by atoms with Crippen LogP contribution >= 0.6 is 11.6 Å². The van der Waals surface area contributed by atoms with Crippen molar-refractivity contribution >= 4 is 17.6 Å². The first-order valence-corrected chi connectivity index (χ1v) is 14.9. The van der Waals surface area contributed by atoms with Crippen molar-refractivity contribution in [2.75, 3.05) is 26.9 Å². The number of ether oxygens (including phenoxy) is 3. The maximum absolute atomic E-state index is 15.5. The molecule has 2 N–H and O–H groups in total. The SMILES string of the molecule is CON(C(CO)C(=O)O)C(c1cncc(C#N)c1)c1ccc(O[C@H]2CCc3c(-c4ccc5c(c4F)OCCO5)cccc32)c(Cl)c1. The highest BCUT2D eigenvalue weighted by molar-refractivity contribution is 6.32. The minimum Gasteiger partial charge on any atom is -0.486 e. The van der Waals surface area contributed by atoms with Gasteiger partial charge in [-0.3, -0.25) is 9.78 Å². The lowest BCUT2D eigenvalue weighted by molar-refractivity contribution is -0.203. The fourth-order valence-corrected chi connectivity index (χ4v) is 6.29. The number of pyridine rings is 1. The van der Waals surface area contributed by atoms with E-state index in [0.29, 0.717) is 47.6 Å². The summed E-state index contributed by atoms with van der Waals surface area (Å²) >= 11 is 6.77. The van der Waals surface area contributed by atoms with Crippen LogP contribution in [0.3, 0.4) is 0 Å². The van der Waals surface area contributed by atoms with Gasteiger partial charge in [0.05, 0.1) is 30.3 Å². The molecular formula is C34H29ClFN3O7. The van der Waals surface area contributed by atoms with Crippen molar-refractivity contribution in [3.63, 3.8) is 0 Å². The molecular weight excluding hydrogens is 617 g/mol. The summed E-state index contributed by atoms with van der Waals surface area (Å²) in [5.74, 6) is -0.870. The summed E-state index contributed by atoms with van der Waals surface area (Å²) in [6.45, 7) is -0.0820. The quantitative estimate of drug-likeness (QED) is 0.208. The Morgan fingerprint density at radius 2 is 1.98 bits per heavy atom. The maximum Gasteiger partial charge on any atom is 0.325 e. The molecule has 2 unspecified atom stereocenters. The molecule has 12 heteroatoms. The Kier molecular flexibility index (Phi) is 9.05. The maximum atomic E-state index is 15.5. The van der Waals surface area contributed by atoms with E-state index in [-0.39, 0.29) is 29.0 Å². The second kappa shape index (κ2) is 13.3. The number of hydrogen-bond donors (Lipinski definition) is 2. The predicted molar refractivity (Wildman–Crippen MR) is 164 cm³/mol. The largest absolute Gasteiger partial charge is 0.486 e. The van der Waals surface area contributed by atoms with Gasteiger partial charge in [-0.25, -0.2) is 4.39 Å². The smallest absolute Gasteiger partial charge is 0.325 e. The number of aliphatic hydroxyl groups is 1. The second-order valence-corrected chi connectivity index (χ2v) is 11.2. The number of hydrogen-bond acceptors (Lipinski definition) is 9. The lowest BCUT2D eigenvalue weighted by Crippen LogP contribution is -2.45. The second-order valence-electron chi connectivity index (χ2n) is 10.8. The molecule has 0 amide bonds. The molecule has 3 atom stereocenters. The number of carboxylic acid groups (broad SMARTS) is 1. The Hall–Kier alpha value is -4.73. The van der Waals surface area contributed by atoms with Gasteiger partial charge in [0, 0.05) is 18.0 Å². The van der Waals surface area contributed by atoms with Crippen LogP contribution in [-0.2, 0) is 16.1 Å². The summed E-state index contributed by atoms with van der Waals surface area (Å²) in [7, 11) is 1.29. The van der Waals surface area contributed by atoms with E-state index in [1.54, 1.807) is 36.4 Å². The Balaban J connectivity index is 1.31. The van der Waals surface area contributed by atoms with Gasteiger partial charge < -0.3 is 29.3 Å². The van der Waals surface area contributed by atoms with E-state index < -0.39 is 30.5 Å². The molecule has 46 heavy (non-hydrogen) atoms. The zero-order valence-corrected chi connectivity index (χ0v) is 25.4. The van der Waals surface area contributed by atoms with Gasteiger partial charge in [0.1, 0.15) is 31.1 Å². The van der Waals surface area contributed by atoms with Crippen molar-refractivity contribution in [1.82, 2.24) is 10.0 Å². The molecule has 2 heterocycles. The van der Waals surface area contributed by atoms with Crippen LogP contribution in [0.2, 0.25) is 5.02 Å². The molecule has 0 radical (unpaired) electrons. The van der Waals surface area contributed by atoms with E-state index in [1.165, 1.54) is 19.5 Å². The van der Waals surface area contributed by atoms with E-state index in [9.17, 15) is 20.3 Å². The molecule has 1 aliphatic heterocycles. The number of halogens is 2. The lowest BCUT2D eigenvalue weighted by Gasteiger charge is -2.33. The number of aliphatic hydroxyl groups excluding tert-OH is 1. The normalized spacial score (nSPS) is 16.4. The first kappa shape index (κ1) is 31.3. The van der Waals surface area contributed by atoms with Crippen LogP contribution in [0.15, 0.2) is 67.0 Å². The topological polar surface area (TPSA) is 134 Å². The van der Waals surface area contributed by atoms with Crippen LogP contribution < -0.4 is 14.2 Å². The summed E-state index contributed by atoms with van der Waals surface area (Å²) in [6.07, 6.45) is 3.82. The number of fused-ring (bicyclic) bond motifs is 2. The third-order valence-corrected chi connectivity index (χ3v) is 8.43. The molecule has 0 spiro atoms. The first-order valence-electron chi connectivity index (χ1n) is 14.5. The van der Waals surface area contributed by atoms with Crippen LogP contribution in [0.1, 0.15) is 46.4 Å². The predicted octanol–water partition coefficient (Wildman–Crippen LogP) is 5.65. The Labute approximate surface area is 269 Å². The standard InChI is InChI=1S/C34H29ClFN3O7/c1-43-39(27(18-40)34(41)42)32(21-13-19(15-37)16-38-17-21)20-5-8-29(26(35)14-20)46-28-9-6-23-22(3-2-4-24(23)28)25-7-10-30-33(31(25)36)45-12-11-44-30/h2-5,7-8,10,13-14,16-17,27-28,32,40H,6,9,11-12,18H2,1H3,(H,41,42)/t27?,28-,32?/m0/s1. The number of aliphatic carboxylic acids is 1. The van der Waals surface area contributed by atoms with Crippen molar-refractivity contribution in [3.05, 3.63) is 106 Å². The summed E-state index contributed by atoms with van der Waals surface area (Å²) in [5.41, 5.74) is 4.30. The minimum atomic E-state index is -1.43. The van der Waals surface area contributed by atoms with Gasteiger partial charge in [-0.2, -0.15) is 10.3 Å². The molecule has 10 nitrogen and oxygen atoms in total. The monoisotopic (exact) mass is 645 g/mol. The van der Waals surface area contributed by atoms with Crippen molar-refractivity contribution in [2.45, 2.75) is 31.0 Å². The van der Waals surface area contributed by atoms with E-state index in [0.717, 1.165) is 21.8 Å². The minimum absolute atomic E-state index is 0.119. The van der Waals surface area contributed by atoms with Gasteiger partial charge in [-0.1, -0.05) is 35.9 Å². The van der Waals surface area contributed by atoms with Gasteiger partial charge in [0.2, 0.25) is 0 Å². The molecule has 0 fully saturated rings. The third-order valence-electron chi connectivity index (χ3n) is 8.13. The molecule has 4 aromatic rings. The Morgan fingerprint density at radius 3 is 2.72 bits per heavy atom. The molecule has 0 bridgehead atoms. The zero-order chi connectivity index (χ0) is 32.4. The number of benzene rings is 3. The van der Waals surface area contributed by atoms with Gasteiger partial charge in [-0.05, 0) is 71.0 Å². The fourth-order valence-electron chi connectivity index (χ4n) is 6.05. The molecule has 3 aromatic carbocycles. The number of rotatable bonds is 10. The molecule has 1 aromatic heterocycles. The highest BCUT2D eigenvalue weighted by Gasteiger charge is 2.35. The summed E-state index contributed by atoms with van der Waals surface area (Å²) < 4.78 is 33.0. The Morgan fingerprint density at radius 1 is 1.15 bits per heavy atom. The number of hydroxylamine groups is 2. The highest BCUT2D eigenvalue weighted by Crippen LogP contribution is 2.45. The van der Waals surface area contributed by atoms with E-state index in [4.69, 9.17) is 30.6 Å². The fraction of sp³-hybridized carbons (Fsp3) is 0.265. The molecule has 0 saturated heterocycles. The average molecular weight is 646 g/mol. The average Bonchev–Trinajstić information content (AvgIpc) is 3.49. The number of aromatic nitrogens is 1. The van der Waals surface area contributed by atoms with E-state index >= 15 is 4.39 Å². The van der Waals surface area contributed by atoms with Crippen LogP contribution in [0.5, 0.6) is 17.2 Å². The molecule has 0 saturated carbocycles. The summed E-state index contributed by atoms with van der Waals surface area (Å²) in [6, 6.07) is 15.4.